The summed E-state index contributed by atoms with van der Waals surface area (Å²) in [5.74, 6) is -1.13. The average molecular weight is 624 g/mol. The van der Waals surface area contributed by atoms with Crippen molar-refractivity contribution >= 4 is 45.2 Å². The van der Waals surface area contributed by atoms with E-state index in [9.17, 15) is 19.6 Å². The lowest BCUT2D eigenvalue weighted by Gasteiger charge is -2.39. The molecule has 11 nitrogen and oxygen atoms in total. The van der Waals surface area contributed by atoms with Crippen LogP contribution >= 0.6 is 11.6 Å². The third-order valence-electron chi connectivity index (χ3n) is 7.93. The van der Waals surface area contributed by atoms with Crippen molar-refractivity contribution in [1.29, 1.82) is 5.26 Å². The van der Waals surface area contributed by atoms with Crippen molar-refractivity contribution in [3.05, 3.63) is 53.2 Å². The molecule has 0 spiro atoms. The molecular weight excluding hydrogens is 596 g/mol. The number of halogens is 3. The minimum Gasteiger partial charge on any atom is -0.465 e. The normalized spacial score (nSPS) is 19.3. The smallest absolute Gasteiger partial charge is 0.407 e. The third kappa shape index (κ3) is 5.63. The Labute approximate surface area is 256 Å². The number of hydrogen-bond donors (Lipinski definition) is 1. The Balaban J connectivity index is 1.46. The maximum atomic E-state index is 16.5. The molecule has 0 radical (unpaired) electrons. The summed E-state index contributed by atoms with van der Waals surface area (Å²) >= 11 is 6.34. The van der Waals surface area contributed by atoms with Crippen LogP contribution in [-0.4, -0.2) is 101 Å². The zero-order valence-electron chi connectivity index (χ0n) is 23.7. The van der Waals surface area contributed by atoms with Crippen LogP contribution in [0.1, 0.15) is 6.42 Å². The lowest BCUT2D eigenvalue weighted by Crippen LogP contribution is -2.55. The Morgan fingerprint density at radius 2 is 2.05 bits per heavy atom. The largest absolute Gasteiger partial charge is 0.465 e. The molecule has 4 aromatic rings. The highest BCUT2D eigenvalue weighted by Gasteiger charge is 2.33. The Kier molecular flexibility index (Phi) is 8.31. The number of benzene rings is 2. The molecule has 228 valence electrons. The molecule has 2 aromatic carbocycles. The molecule has 2 atom stereocenters. The number of nitriles is 1. The summed E-state index contributed by atoms with van der Waals surface area (Å²) in [7, 11) is 1.98. The molecule has 0 saturated carbocycles. The maximum absolute atomic E-state index is 16.5. The molecule has 44 heavy (non-hydrogen) atoms. The summed E-state index contributed by atoms with van der Waals surface area (Å²) in [6.45, 7) is 2.58. The number of nitrogens with zero attached hydrogens (tertiary/aromatic N) is 7. The summed E-state index contributed by atoms with van der Waals surface area (Å²) in [4.78, 5) is 30.4. The van der Waals surface area contributed by atoms with E-state index in [1.807, 2.05) is 13.1 Å². The standard InChI is InChI=1S/C30H28ClF2N7O4/c1-38-11-12-43-19(15-38)16-44-29-36-27-21(28(37-29)39-9-10-40(30(41)42)18(14-39)7-8-34)13-35-26(25(27)33)20-4-2-3-17-5-6-22(32)24(31)23(17)20/h2-6,13,18-19H,7,9-12,14-16H2,1H3,(H,41,42). The number of rotatable bonds is 6. The van der Waals surface area contributed by atoms with Crippen LogP contribution in [-0.2, 0) is 4.74 Å². The van der Waals surface area contributed by atoms with Crippen LogP contribution in [0.2, 0.25) is 5.02 Å². The zero-order chi connectivity index (χ0) is 31.0. The van der Waals surface area contributed by atoms with E-state index in [2.05, 4.69) is 19.9 Å². The molecule has 4 heterocycles. The topological polar surface area (TPSA) is 128 Å². The monoisotopic (exact) mass is 623 g/mol. The number of aromatic nitrogens is 3. The van der Waals surface area contributed by atoms with Gasteiger partial charge in [0.2, 0.25) is 0 Å². The number of likely N-dealkylation sites (N-methyl/N-ethyl adjacent to an activating group) is 1. The molecule has 2 saturated heterocycles. The molecule has 1 N–H and O–H groups in total. The van der Waals surface area contributed by atoms with Crippen LogP contribution in [0.3, 0.4) is 0 Å². The molecule has 6 rings (SSSR count). The Hall–Kier alpha value is -4.38. The van der Waals surface area contributed by atoms with Crippen LogP contribution in [0.5, 0.6) is 6.01 Å². The number of fused-ring (bicyclic) bond motifs is 2. The first-order valence-corrected chi connectivity index (χ1v) is 14.4. The van der Waals surface area contributed by atoms with E-state index in [0.717, 1.165) is 6.54 Å². The van der Waals surface area contributed by atoms with Crippen molar-refractivity contribution in [3.63, 3.8) is 0 Å². The Morgan fingerprint density at radius 1 is 1.20 bits per heavy atom. The van der Waals surface area contributed by atoms with Gasteiger partial charge in [0.1, 0.15) is 35.6 Å². The van der Waals surface area contributed by atoms with Gasteiger partial charge in [-0.05, 0) is 18.5 Å². The average Bonchev–Trinajstić information content (AvgIpc) is 3.02. The number of ether oxygens (including phenoxy) is 2. The summed E-state index contributed by atoms with van der Waals surface area (Å²) < 4.78 is 42.8. The van der Waals surface area contributed by atoms with Gasteiger partial charge in [0.25, 0.3) is 0 Å². The van der Waals surface area contributed by atoms with Crippen LogP contribution < -0.4 is 9.64 Å². The lowest BCUT2D eigenvalue weighted by atomic mass is 10.0. The predicted octanol–water partition coefficient (Wildman–Crippen LogP) is 4.57. The molecule has 2 unspecified atom stereocenters. The second kappa shape index (κ2) is 12.3. The van der Waals surface area contributed by atoms with Crippen molar-refractivity contribution in [2.75, 3.05) is 57.9 Å². The fourth-order valence-electron chi connectivity index (χ4n) is 5.74. The lowest BCUT2D eigenvalue weighted by molar-refractivity contribution is -0.0416. The highest BCUT2D eigenvalue weighted by atomic mass is 35.5. The number of amides is 1. The first kappa shape index (κ1) is 29.7. The van der Waals surface area contributed by atoms with Gasteiger partial charge in [-0.1, -0.05) is 35.9 Å². The minimum absolute atomic E-state index is 0.0309. The number of hydrogen-bond acceptors (Lipinski definition) is 9. The van der Waals surface area contributed by atoms with E-state index in [1.54, 1.807) is 29.2 Å². The van der Waals surface area contributed by atoms with Gasteiger partial charge in [0.15, 0.2) is 5.82 Å². The summed E-state index contributed by atoms with van der Waals surface area (Å²) in [6.07, 6.45) is 0.0281. The quantitative estimate of drug-likeness (QED) is 0.326. The molecule has 0 bridgehead atoms. The summed E-state index contributed by atoms with van der Waals surface area (Å²) in [5.41, 5.74) is 0.122. The van der Waals surface area contributed by atoms with E-state index in [-0.39, 0.29) is 72.0 Å². The van der Waals surface area contributed by atoms with Gasteiger partial charge >= 0.3 is 12.1 Å². The highest BCUT2D eigenvalue weighted by Crippen LogP contribution is 2.38. The van der Waals surface area contributed by atoms with Gasteiger partial charge in [0.05, 0.1) is 35.5 Å². The first-order chi connectivity index (χ1) is 21.2. The Morgan fingerprint density at radius 3 is 2.82 bits per heavy atom. The number of carbonyl (C=O) groups is 1. The van der Waals surface area contributed by atoms with E-state index in [0.29, 0.717) is 29.7 Å². The summed E-state index contributed by atoms with van der Waals surface area (Å²) in [5, 5.41) is 20.0. The van der Waals surface area contributed by atoms with Gasteiger partial charge in [-0.25, -0.2) is 13.6 Å². The predicted molar refractivity (Wildman–Crippen MR) is 159 cm³/mol. The number of anilines is 1. The van der Waals surface area contributed by atoms with Gasteiger partial charge in [-0.2, -0.15) is 15.2 Å². The van der Waals surface area contributed by atoms with E-state index in [4.69, 9.17) is 21.1 Å². The molecular formula is C30H28ClF2N7O4. The van der Waals surface area contributed by atoms with E-state index < -0.39 is 23.8 Å². The van der Waals surface area contributed by atoms with Crippen molar-refractivity contribution in [3.8, 4) is 23.3 Å². The third-order valence-corrected chi connectivity index (χ3v) is 8.30. The van der Waals surface area contributed by atoms with Gasteiger partial charge < -0.3 is 29.3 Å². The first-order valence-electron chi connectivity index (χ1n) is 14.0. The number of piperazine rings is 1. The SMILES string of the molecule is CN1CCOC(COc2nc(N3CCN(C(=O)O)C(CC#N)C3)c3cnc(-c4cccc5ccc(F)c(Cl)c45)c(F)c3n2)C1. The Bertz CT molecular complexity index is 1790. The highest BCUT2D eigenvalue weighted by molar-refractivity contribution is 6.36. The van der Waals surface area contributed by atoms with Crippen molar-refractivity contribution < 1.29 is 28.2 Å². The number of morpholine rings is 1. The fourth-order valence-corrected chi connectivity index (χ4v) is 6.01. The zero-order valence-corrected chi connectivity index (χ0v) is 24.5. The second-order valence-corrected chi connectivity index (χ2v) is 11.2. The van der Waals surface area contributed by atoms with Crippen molar-refractivity contribution in [2.24, 2.45) is 0 Å². The minimum atomic E-state index is -1.12. The molecule has 2 aromatic heterocycles. The van der Waals surface area contributed by atoms with E-state index in [1.165, 1.54) is 17.2 Å². The van der Waals surface area contributed by atoms with Crippen LogP contribution in [0.25, 0.3) is 32.9 Å². The molecule has 0 aliphatic carbocycles. The van der Waals surface area contributed by atoms with Crippen LogP contribution in [0, 0.1) is 23.0 Å². The molecule has 2 fully saturated rings. The number of pyridine rings is 1. The van der Waals surface area contributed by atoms with Gasteiger partial charge in [-0.3, -0.25) is 4.98 Å². The van der Waals surface area contributed by atoms with Gasteiger partial charge in [0, 0.05) is 49.9 Å². The van der Waals surface area contributed by atoms with Crippen molar-refractivity contribution in [1.82, 2.24) is 24.8 Å². The number of carboxylic acid groups (broad SMARTS) is 1. The molecule has 2 aliphatic heterocycles. The summed E-state index contributed by atoms with van der Waals surface area (Å²) in [6, 6.07) is 9.19. The van der Waals surface area contributed by atoms with Crippen molar-refractivity contribution in [2.45, 2.75) is 18.6 Å². The molecule has 14 heteroatoms. The molecule has 1 amide bonds. The van der Waals surface area contributed by atoms with Crippen LogP contribution in [0.15, 0.2) is 36.5 Å². The molecule has 2 aliphatic rings. The van der Waals surface area contributed by atoms with Gasteiger partial charge in [-0.15, -0.1) is 0 Å². The van der Waals surface area contributed by atoms with E-state index >= 15 is 4.39 Å². The maximum Gasteiger partial charge on any atom is 0.407 e. The fraction of sp³-hybridized carbons (Fsp3) is 0.367. The van der Waals surface area contributed by atoms with Crippen LogP contribution in [0.4, 0.5) is 19.4 Å². The second-order valence-electron chi connectivity index (χ2n) is 10.8.